The summed E-state index contributed by atoms with van der Waals surface area (Å²) >= 11 is 10.5. The lowest BCUT2D eigenvalue weighted by atomic mass is 10.1. The van der Waals surface area contributed by atoms with Gasteiger partial charge in [-0.1, -0.05) is 61.1 Å². The molecule has 0 spiro atoms. The van der Waals surface area contributed by atoms with Crippen LogP contribution in [0.15, 0.2) is 25.6 Å². The maximum Gasteiger partial charge on any atom is 0.0232 e. The third-order valence-electron chi connectivity index (χ3n) is 1.68. The second-order valence-corrected chi connectivity index (χ2v) is 5.40. The van der Waals surface area contributed by atoms with Gasteiger partial charge in [0.1, 0.15) is 0 Å². The molecule has 0 fully saturated rings. The zero-order valence-corrected chi connectivity index (χ0v) is 12.0. The molecule has 0 nitrogen and oxygen atoms in total. The summed E-state index contributed by atoms with van der Waals surface area (Å²) in [6.45, 7) is 2.18. The van der Waals surface area contributed by atoms with Crippen molar-refractivity contribution in [3.05, 3.63) is 37.5 Å². The van der Waals surface area contributed by atoms with Gasteiger partial charge < -0.3 is 0 Å². The molecular formula is C10H10Br3. The quantitative estimate of drug-likeness (QED) is 0.675. The summed E-state index contributed by atoms with van der Waals surface area (Å²) in [6.07, 6.45) is 4.52. The molecule has 0 N–H and O–H groups in total. The van der Waals surface area contributed by atoms with Gasteiger partial charge in [-0.2, -0.15) is 0 Å². The van der Waals surface area contributed by atoms with Crippen LogP contribution >= 0.6 is 47.8 Å². The van der Waals surface area contributed by atoms with E-state index in [4.69, 9.17) is 0 Å². The van der Waals surface area contributed by atoms with Gasteiger partial charge in [0.2, 0.25) is 0 Å². The van der Waals surface area contributed by atoms with E-state index in [9.17, 15) is 0 Å². The monoisotopic (exact) mass is 367 g/mol. The second kappa shape index (κ2) is 5.52. The van der Waals surface area contributed by atoms with Gasteiger partial charge in [-0.05, 0) is 30.5 Å². The summed E-state index contributed by atoms with van der Waals surface area (Å²) in [6, 6.07) is 4.12. The smallest absolute Gasteiger partial charge is 0.0232 e. The third kappa shape index (κ3) is 3.37. The first-order valence-corrected chi connectivity index (χ1v) is 6.50. The number of rotatable bonds is 3. The van der Waals surface area contributed by atoms with Gasteiger partial charge in [-0.25, -0.2) is 0 Å². The van der Waals surface area contributed by atoms with Crippen LogP contribution in [0.5, 0.6) is 0 Å². The van der Waals surface area contributed by atoms with Crippen molar-refractivity contribution >= 4 is 47.8 Å². The highest BCUT2D eigenvalue weighted by Crippen LogP contribution is 2.31. The van der Waals surface area contributed by atoms with E-state index < -0.39 is 0 Å². The van der Waals surface area contributed by atoms with Crippen LogP contribution in [0.2, 0.25) is 0 Å². The molecule has 1 radical (unpaired) electrons. The topological polar surface area (TPSA) is 0 Å². The molecular weight excluding hydrogens is 360 g/mol. The number of benzene rings is 1. The van der Waals surface area contributed by atoms with Gasteiger partial charge in [-0.15, -0.1) is 0 Å². The third-order valence-corrected chi connectivity index (χ3v) is 3.45. The standard InChI is InChI=1S/C10H10Br3/c1-2-3-4-8-9(12)5-7(11)6-10(8)13/h4-6H,2-3H2,1H3. The Kier molecular flexibility index (Phi) is 4.98. The zero-order valence-electron chi connectivity index (χ0n) is 7.28. The van der Waals surface area contributed by atoms with E-state index in [1.54, 1.807) is 0 Å². The first-order valence-electron chi connectivity index (χ1n) is 4.13. The average molecular weight is 370 g/mol. The Bertz CT molecular complexity index is 271. The minimum Gasteiger partial charge on any atom is -0.0654 e. The predicted molar refractivity (Wildman–Crippen MR) is 67.9 cm³/mol. The van der Waals surface area contributed by atoms with Gasteiger partial charge in [0.15, 0.2) is 0 Å². The molecule has 71 valence electrons. The highest BCUT2D eigenvalue weighted by atomic mass is 79.9. The minimum atomic E-state index is 1.08. The molecule has 0 aliphatic heterocycles. The summed E-state index contributed by atoms with van der Waals surface area (Å²) < 4.78 is 3.34. The number of halogens is 3. The predicted octanol–water partition coefficient (Wildman–Crippen LogP) is 5.33. The van der Waals surface area contributed by atoms with Crippen molar-refractivity contribution in [3.8, 4) is 0 Å². The Morgan fingerprint density at radius 2 is 1.69 bits per heavy atom. The number of hydrogen-bond acceptors (Lipinski definition) is 0. The molecule has 0 saturated carbocycles. The van der Waals surface area contributed by atoms with Crippen molar-refractivity contribution in [3.63, 3.8) is 0 Å². The summed E-state index contributed by atoms with van der Waals surface area (Å²) in [5.74, 6) is 0. The normalized spacial score (nSPS) is 10.5. The molecule has 0 amide bonds. The zero-order chi connectivity index (χ0) is 9.84. The lowest BCUT2D eigenvalue weighted by Crippen LogP contribution is -1.86. The van der Waals surface area contributed by atoms with Crippen molar-refractivity contribution in [1.82, 2.24) is 0 Å². The van der Waals surface area contributed by atoms with Crippen LogP contribution in [-0.4, -0.2) is 0 Å². The lowest BCUT2D eigenvalue weighted by molar-refractivity contribution is 0.910. The SMILES string of the molecule is CCC[CH]c1c(Br)cc(Br)cc1Br. The molecule has 0 saturated heterocycles. The summed E-state index contributed by atoms with van der Waals surface area (Å²) in [4.78, 5) is 0. The molecule has 1 aromatic rings. The Morgan fingerprint density at radius 1 is 1.15 bits per heavy atom. The highest BCUT2D eigenvalue weighted by molar-refractivity contribution is 9.11. The molecule has 0 heterocycles. The minimum absolute atomic E-state index is 1.08. The van der Waals surface area contributed by atoms with E-state index in [0.717, 1.165) is 19.8 Å². The van der Waals surface area contributed by atoms with E-state index in [0.29, 0.717) is 0 Å². The van der Waals surface area contributed by atoms with Gasteiger partial charge >= 0.3 is 0 Å². The van der Waals surface area contributed by atoms with Gasteiger partial charge in [0.05, 0.1) is 0 Å². The summed E-state index contributed by atoms with van der Waals surface area (Å²) in [7, 11) is 0. The Labute approximate surface area is 104 Å². The van der Waals surface area contributed by atoms with Gasteiger partial charge in [0.25, 0.3) is 0 Å². The van der Waals surface area contributed by atoms with Gasteiger partial charge in [-0.3, -0.25) is 0 Å². The van der Waals surface area contributed by atoms with E-state index in [1.165, 1.54) is 12.0 Å². The fourth-order valence-electron chi connectivity index (χ4n) is 1.04. The fourth-order valence-corrected chi connectivity index (χ4v) is 3.62. The van der Waals surface area contributed by atoms with Crippen molar-refractivity contribution in [2.45, 2.75) is 19.8 Å². The van der Waals surface area contributed by atoms with Crippen molar-refractivity contribution in [2.24, 2.45) is 0 Å². The van der Waals surface area contributed by atoms with Crippen LogP contribution in [-0.2, 0) is 0 Å². The van der Waals surface area contributed by atoms with Crippen molar-refractivity contribution in [1.29, 1.82) is 0 Å². The molecule has 3 heteroatoms. The summed E-state index contributed by atoms with van der Waals surface area (Å²) in [5, 5.41) is 0. The van der Waals surface area contributed by atoms with Crippen LogP contribution < -0.4 is 0 Å². The van der Waals surface area contributed by atoms with E-state index >= 15 is 0 Å². The van der Waals surface area contributed by atoms with E-state index in [1.807, 2.05) is 0 Å². The molecule has 0 aromatic heterocycles. The molecule has 0 bridgehead atoms. The van der Waals surface area contributed by atoms with Gasteiger partial charge in [0, 0.05) is 13.4 Å². The van der Waals surface area contributed by atoms with E-state index in [-0.39, 0.29) is 0 Å². The molecule has 0 aliphatic carbocycles. The maximum atomic E-state index is 3.54. The van der Waals surface area contributed by atoms with Crippen molar-refractivity contribution in [2.75, 3.05) is 0 Å². The van der Waals surface area contributed by atoms with Crippen LogP contribution in [0, 0.1) is 6.42 Å². The average Bonchev–Trinajstić information content (AvgIpc) is 2.02. The molecule has 0 atom stereocenters. The van der Waals surface area contributed by atoms with Crippen LogP contribution in [0.25, 0.3) is 0 Å². The molecule has 1 rings (SSSR count). The molecule has 1 aromatic carbocycles. The lowest BCUT2D eigenvalue weighted by Gasteiger charge is -2.06. The second-order valence-electron chi connectivity index (χ2n) is 2.78. The fraction of sp³-hybridized carbons (Fsp3) is 0.300. The first-order chi connectivity index (χ1) is 6.15. The number of hydrogen-bond donors (Lipinski definition) is 0. The largest absolute Gasteiger partial charge is 0.0654 e. The Balaban J connectivity index is 2.92. The number of unbranched alkanes of at least 4 members (excludes halogenated alkanes) is 1. The van der Waals surface area contributed by atoms with Crippen LogP contribution in [0.4, 0.5) is 0 Å². The van der Waals surface area contributed by atoms with Crippen LogP contribution in [0.1, 0.15) is 25.3 Å². The molecule has 0 aliphatic rings. The van der Waals surface area contributed by atoms with E-state index in [2.05, 4.69) is 73.3 Å². The van der Waals surface area contributed by atoms with Crippen LogP contribution in [0.3, 0.4) is 0 Å². The molecule has 13 heavy (non-hydrogen) atoms. The maximum absolute atomic E-state index is 3.54. The van der Waals surface area contributed by atoms with Crippen molar-refractivity contribution < 1.29 is 0 Å². The first kappa shape index (κ1) is 11.7. The Hall–Kier alpha value is 0.660. The highest BCUT2D eigenvalue weighted by Gasteiger charge is 2.05. The Morgan fingerprint density at radius 3 is 2.15 bits per heavy atom. The summed E-state index contributed by atoms with van der Waals surface area (Å²) in [5.41, 5.74) is 1.24. The molecule has 0 unspecified atom stereocenters.